The van der Waals surface area contributed by atoms with E-state index < -0.39 is 0 Å². The Morgan fingerprint density at radius 2 is 1.17 bits per heavy atom. The molecule has 5 aromatic carbocycles. The Morgan fingerprint density at radius 1 is 0.565 bits per heavy atom. The van der Waals surface area contributed by atoms with Crippen LogP contribution in [0.15, 0.2) is 140 Å². The Morgan fingerprint density at radius 3 is 1.87 bits per heavy atom. The van der Waals surface area contributed by atoms with Gasteiger partial charge in [-0.2, -0.15) is 0 Å². The lowest BCUT2D eigenvalue weighted by Gasteiger charge is -2.26. The fourth-order valence-corrected chi connectivity index (χ4v) is 6.93. The normalized spacial score (nSPS) is 13.3. The number of hydrogen-bond donors (Lipinski definition) is 0. The number of hydrogen-bond acceptors (Lipinski definition) is 1. The third-order valence-corrected chi connectivity index (χ3v) is 9.29. The van der Waals surface area contributed by atoms with E-state index in [1.54, 1.807) is 0 Å². The fraction of sp³-hybridized carbons (Fsp3) is 0.200. The summed E-state index contributed by atoms with van der Waals surface area (Å²) in [7, 11) is 2.15. The molecule has 5 aromatic rings. The maximum Gasteiger partial charge on any atom is 0.0414 e. The lowest BCUT2D eigenvalue weighted by Crippen LogP contribution is -2.17. The van der Waals surface area contributed by atoms with Gasteiger partial charge in [-0.25, -0.2) is 0 Å². The number of nitrogens with zero attached hydrogens (tertiary/aromatic N) is 1. The first-order chi connectivity index (χ1) is 22.4. The lowest BCUT2D eigenvalue weighted by atomic mass is 9.81. The second kappa shape index (κ2) is 13.6. The van der Waals surface area contributed by atoms with Gasteiger partial charge in [-0.05, 0) is 110 Å². The maximum absolute atomic E-state index is 4.10. The van der Waals surface area contributed by atoms with Gasteiger partial charge in [-0.3, -0.25) is 0 Å². The van der Waals surface area contributed by atoms with E-state index in [9.17, 15) is 0 Å². The summed E-state index contributed by atoms with van der Waals surface area (Å²) in [6.07, 6.45) is 4.97. The van der Waals surface area contributed by atoms with Crippen LogP contribution in [0.25, 0.3) is 39.0 Å². The first-order valence-electron chi connectivity index (χ1n) is 16.7. The Kier molecular flexibility index (Phi) is 9.63. The van der Waals surface area contributed by atoms with Crippen molar-refractivity contribution in [2.24, 2.45) is 0 Å². The highest BCUT2D eigenvalue weighted by molar-refractivity contribution is 5.89. The molecule has 0 saturated heterocycles. The predicted octanol–water partition coefficient (Wildman–Crippen LogP) is 12.8. The van der Waals surface area contributed by atoms with E-state index in [4.69, 9.17) is 0 Å². The van der Waals surface area contributed by atoms with Crippen molar-refractivity contribution < 1.29 is 0 Å². The van der Waals surface area contributed by atoms with Crippen molar-refractivity contribution in [1.82, 2.24) is 0 Å². The topological polar surface area (TPSA) is 3.24 Å². The summed E-state index contributed by atoms with van der Waals surface area (Å²) in [6, 6.07) is 40.3. The fourth-order valence-electron chi connectivity index (χ4n) is 6.93. The van der Waals surface area contributed by atoms with Gasteiger partial charge in [0, 0.05) is 23.8 Å². The maximum atomic E-state index is 4.10. The summed E-state index contributed by atoms with van der Waals surface area (Å²) in [5.41, 5.74) is 17.7. The van der Waals surface area contributed by atoms with Crippen LogP contribution >= 0.6 is 0 Å². The van der Waals surface area contributed by atoms with Crippen LogP contribution in [0, 0.1) is 0 Å². The molecule has 1 nitrogen and oxygen atoms in total. The molecule has 0 radical (unpaired) electrons. The third kappa shape index (κ3) is 5.67. The van der Waals surface area contributed by atoms with Gasteiger partial charge in [0.15, 0.2) is 0 Å². The average Bonchev–Trinajstić information content (AvgIpc) is 3.60. The molecule has 0 aliphatic heterocycles. The van der Waals surface area contributed by atoms with Crippen molar-refractivity contribution in [3.05, 3.63) is 162 Å². The number of allylic oxidation sites excluding steroid dienone is 4. The molecular weight excluding hydrogens is 555 g/mol. The van der Waals surface area contributed by atoms with Gasteiger partial charge in [0.1, 0.15) is 0 Å². The first kappa shape index (κ1) is 32.5. The van der Waals surface area contributed by atoms with E-state index in [1.165, 1.54) is 72.5 Å². The van der Waals surface area contributed by atoms with Gasteiger partial charge < -0.3 is 4.90 Å². The molecule has 0 spiro atoms. The van der Waals surface area contributed by atoms with Gasteiger partial charge >= 0.3 is 0 Å². The van der Waals surface area contributed by atoms with Crippen LogP contribution in [0.4, 0.5) is 11.4 Å². The third-order valence-electron chi connectivity index (χ3n) is 9.29. The molecule has 232 valence electrons. The molecule has 0 fully saturated rings. The van der Waals surface area contributed by atoms with Gasteiger partial charge in [-0.1, -0.05) is 140 Å². The summed E-state index contributed by atoms with van der Waals surface area (Å²) in [6.45, 7) is 20.7. The minimum atomic E-state index is -0.112. The average molecular weight is 602 g/mol. The highest BCUT2D eigenvalue weighted by Gasteiger charge is 2.35. The predicted molar refractivity (Wildman–Crippen MR) is 203 cm³/mol. The van der Waals surface area contributed by atoms with E-state index >= 15 is 0 Å². The van der Waals surface area contributed by atoms with Crippen molar-refractivity contribution in [1.29, 1.82) is 0 Å². The summed E-state index contributed by atoms with van der Waals surface area (Å²) < 4.78 is 0. The Hall–Kier alpha value is -4.88. The minimum Gasteiger partial charge on any atom is -0.345 e. The van der Waals surface area contributed by atoms with Crippen LogP contribution in [0.2, 0.25) is 0 Å². The molecule has 0 heterocycles. The molecule has 0 N–H and O–H groups in total. The molecule has 2 aliphatic carbocycles. The SMILES string of the molecule is C=CC1=C(C=C)C(C)(C)c2cc(N(C)c3cccc(-c4cccc(-c5ccc6c(c5)-c5ccccc5C6)c4)c3)ccc21.CC.CC. The zero-order valence-corrected chi connectivity index (χ0v) is 28.6. The standard InChI is InChI=1S/C41H35N.2C2H6/c1-6-35-37-21-20-34(26-40(37)41(3,4)39(35)7-2)42(5)33-16-11-15-29(24-33)27-13-10-14-28(22-27)30-18-19-32-23-31-12-8-9-17-36(31)38(32)25-30;2*1-2/h6-22,24-26H,1-2,23H2,3-5H3;2*1-2H3. The molecule has 0 aromatic heterocycles. The summed E-state index contributed by atoms with van der Waals surface area (Å²) in [5, 5.41) is 0. The van der Waals surface area contributed by atoms with Crippen LogP contribution in [-0.4, -0.2) is 7.05 Å². The van der Waals surface area contributed by atoms with Crippen LogP contribution in [0.3, 0.4) is 0 Å². The monoisotopic (exact) mass is 601 g/mol. The Bertz CT molecular complexity index is 1930. The van der Waals surface area contributed by atoms with Crippen molar-refractivity contribution in [3.63, 3.8) is 0 Å². The number of fused-ring (bicyclic) bond motifs is 4. The molecule has 0 saturated carbocycles. The summed E-state index contributed by atoms with van der Waals surface area (Å²) in [5.74, 6) is 0. The van der Waals surface area contributed by atoms with Gasteiger partial charge in [0.25, 0.3) is 0 Å². The van der Waals surface area contributed by atoms with Crippen LogP contribution in [0.5, 0.6) is 0 Å². The van der Waals surface area contributed by atoms with Crippen molar-refractivity contribution in [2.75, 3.05) is 11.9 Å². The van der Waals surface area contributed by atoms with Gasteiger partial charge in [0.05, 0.1) is 0 Å². The Labute approximate surface area is 277 Å². The van der Waals surface area contributed by atoms with Crippen molar-refractivity contribution in [3.8, 4) is 33.4 Å². The van der Waals surface area contributed by atoms with Crippen molar-refractivity contribution >= 4 is 16.9 Å². The highest BCUT2D eigenvalue weighted by atomic mass is 15.1. The zero-order chi connectivity index (χ0) is 33.0. The molecule has 7 rings (SSSR count). The van der Waals surface area contributed by atoms with E-state index in [0.29, 0.717) is 0 Å². The highest BCUT2D eigenvalue weighted by Crippen LogP contribution is 2.48. The molecule has 1 heteroatoms. The Balaban J connectivity index is 0.00000100. The smallest absolute Gasteiger partial charge is 0.0414 e. The molecule has 46 heavy (non-hydrogen) atoms. The van der Waals surface area contributed by atoms with E-state index in [2.05, 4.69) is 148 Å². The molecule has 0 bridgehead atoms. The van der Waals surface area contributed by atoms with E-state index in [1.807, 2.05) is 39.8 Å². The van der Waals surface area contributed by atoms with Gasteiger partial charge in [0.2, 0.25) is 0 Å². The van der Waals surface area contributed by atoms with E-state index in [-0.39, 0.29) is 5.41 Å². The number of benzene rings is 5. The second-order valence-electron chi connectivity index (χ2n) is 12.0. The quantitative estimate of drug-likeness (QED) is 0.184. The zero-order valence-electron chi connectivity index (χ0n) is 28.6. The molecule has 2 aliphatic rings. The largest absolute Gasteiger partial charge is 0.345 e. The number of rotatable bonds is 6. The molecule has 0 unspecified atom stereocenters. The first-order valence-corrected chi connectivity index (χ1v) is 16.7. The van der Waals surface area contributed by atoms with Crippen LogP contribution in [-0.2, 0) is 11.8 Å². The number of anilines is 2. The van der Waals surface area contributed by atoms with Gasteiger partial charge in [-0.15, -0.1) is 0 Å². The minimum absolute atomic E-state index is 0.112. The lowest BCUT2D eigenvalue weighted by molar-refractivity contribution is 0.654. The molecular formula is C45H47N. The molecule has 0 atom stereocenters. The van der Waals surface area contributed by atoms with Crippen LogP contribution < -0.4 is 4.90 Å². The summed E-state index contributed by atoms with van der Waals surface area (Å²) >= 11 is 0. The van der Waals surface area contributed by atoms with Crippen LogP contribution in [0.1, 0.15) is 63.8 Å². The summed E-state index contributed by atoms with van der Waals surface area (Å²) in [4.78, 5) is 2.28. The second-order valence-corrected chi connectivity index (χ2v) is 12.0. The van der Waals surface area contributed by atoms with E-state index in [0.717, 1.165) is 12.1 Å². The van der Waals surface area contributed by atoms with Crippen molar-refractivity contribution in [2.45, 2.75) is 53.4 Å². The molecule has 0 amide bonds.